The van der Waals surface area contributed by atoms with E-state index in [1.54, 1.807) is 4.68 Å². The van der Waals surface area contributed by atoms with Gasteiger partial charge in [-0.25, -0.2) is 9.36 Å². The van der Waals surface area contributed by atoms with E-state index in [0.717, 1.165) is 16.8 Å². The maximum Gasteiger partial charge on any atom is 0.291 e. The summed E-state index contributed by atoms with van der Waals surface area (Å²) in [6.07, 6.45) is 0.547. The van der Waals surface area contributed by atoms with Gasteiger partial charge < -0.3 is 5.32 Å². The van der Waals surface area contributed by atoms with Crippen LogP contribution in [-0.4, -0.2) is 15.8 Å². The number of aromatic nitrogens is 2. The smallest absolute Gasteiger partial charge is 0.291 e. The van der Waals surface area contributed by atoms with E-state index in [1.165, 1.54) is 0 Å². The van der Waals surface area contributed by atoms with Gasteiger partial charge in [0.15, 0.2) is 0 Å². The van der Waals surface area contributed by atoms with Crippen molar-refractivity contribution in [3.05, 3.63) is 107 Å². The summed E-state index contributed by atoms with van der Waals surface area (Å²) in [6.45, 7) is 0.384. The van der Waals surface area contributed by atoms with E-state index < -0.39 is 0 Å². The van der Waals surface area contributed by atoms with Crippen molar-refractivity contribution in [2.24, 2.45) is 0 Å². The number of benzene rings is 3. The van der Waals surface area contributed by atoms with Crippen molar-refractivity contribution < 1.29 is 4.79 Å². The van der Waals surface area contributed by atoms with E-state index in [9.17, 15) is 9.59 Å². The summed E-state index contributed by atoms with van der Waals surface area (Å²) in [4.78, 5) is 24.5. The zero-order valence-corrected chi connectivity index (χ0v) is 15.2. The third-order valence-electron chi connectivity index (χ3n) is 4.56. The largest absolute Gasteiger partial charge is 0.322 e. The molecule has 0 aliphatic rings. The van der Waals surface area contributed by atoms with Crippen LogP contribution in [0.15, 0.2) is 95.8 Å². The fourth-order valence-corrected chi connectivity index (χ4v) is 3.34. The average molecular weight is 369 g/mol. The molecule has 1 aromatic heterocycles. The van der Waals surface area contributed by atoms with Crippen molar-refractivity contribution in [2.75, 3.05) is 5.32 Å². The average Bonchev–Trinajstić information content (AvgIpc) is 3.02. The van der Waals surface area contributed by atoms with Gasteiger partial charge in [-0.05, 0) is 17.7 Å². The van der Waals surface area contributed by atoms with Gasteiger partial charge in [0, 0.05) is 5.56 Å². The maximum absolute atomic E-state index is 13.3. The Kier molecular flexibility index (Phi) is 4.89. The van der Waals surface area contributed by atoms with Gasteiger partial charge in [0.1, 0.15) is 5.69 Å². The molecule has 0 atom stereocenters. The Labute approximate surface area is 162 Å². The minimum atomic E-state index is -0.251. The van der Waals surface area contributed by atoms with E-state index in [4.69, 9.17) is 0 Å². The minimum absolute atomic E-state index is 0.251. The van der Waals surface area contributed by atoms with E-state index in [2.05, 4.69) is 5.32 Å². The molecule has 0 aliphatic heterocycles. The summed E-state index contributed by atoms with van der Waals surface area (Å²) in [7, 11) is 0. The molecule has 1 N–H and O–H groups in total. The fraction of sp³-hybridized carbons (Fsp3) is 0.0435. The highest BCUT2D eigenvalue weighted by Crippen LogP contribution is 2.29. The van der Waals surface area contributed by atoms with Gasteiger partial charge in [-0.3, -0.25) is 9.59 Å². The quantitative estimate of drug-likeness (QED) is 0.524. The van der Waals surface area contributed by atoms with Crippen LogP contribution in [0.5, 0.6) is 0 Å². The number of rotatable bonds is 6. The molecule has 5 nitrogen and oxygen atoms in total. The number of nitrogens with zero attached hydrogens (tertiary/aromatic N) is 2. The van der Waals surface area contributed by atoms with Crippen LogP contribution in [0, 0.1) is 0 Å². The molecule has 0 saturated carbocycles. The van der Waals surface area contributed by atoms with Crippen LogP contribution in [0.4, 0.5) is 5.69 Å². The number of carbonyl (C=O) groups excluding carboxylic acids is 1. The summed E-state index contributed by atoms with van der Waals surface area (Å²) in [6, 6.07) is 29.0. The molecule has 1 amide bonds. The molecule has 4 aromatic rings. The van der Waals surface area contributed by atoms with Crippen LogP contribution in [0.1, 0.15) is 5.56 Å². The number of anilines is 1. The van der Waals surface area contributed by atoms with Gasteiger partial charge in [0.2, 0.25) is 6.41 Å². The van der Waals surface area contributed by atoms with E-state index in [-0.39, 0.29) is 11.2 Å². The van der Waals surface area contributed by atoms with Crippen LogP contribution in [-0.2, 0) is 11.3 Å². The van der Waals surface area contributed by atoms with Crippen LogP contribution in [0.2, 0.25) is 0 Å². The third kappa shape index (κ3) is 3.25. The number of para-hydroxylation sites is 1. The molecule has 0 aliphatic carbocycles. The number of hydrogen-bond donors (Lipinski definition) is 1. The molecule has 28 heavy (non-hydrogen) atoms. The number of amides is 1. The van der Waals surface area contributed by atoms with Crippen LogP contribution in [0.3, 0.4) is 0 Å². The molecule has 4 rings (SSSR count). The minimum Gasteiger partial charge on any atom is -0.322 e. The molecule has 1 heterocycles. The fourth-order valence-electron chi connectivity index (χ4n) is 3.34. The summed E-state index contributed by atoms with van der Waals surface area (Å²) in [5.41, 5.74) is 3.35. The highest BCUT2D eigenvalue weighted by Gasteiger charge is 2.22. The molecule has 0 fully saturated rings. The van der Waals surface area contributed by atoms with Crippen molar-refractivity contribution in [1.29, 1.82) is 0 Å². The Hall–Kier alpha value is -3.86. The van der Waals surface area contributed by atoms with Gasteiger partial charge in [0.05, 0.1) is 17.9 Å². The van der Waals surface area contributed by atoms with E-state index in [1.807, 2.05) is 95.7 Å². The summed E-state index contributed by atoms with van der Waals surface area (Å²) < 4.78 is 3.52. The Morgan fingerprint density at radius 2 is 1.36 bits per heavy atom. The Balaban J connectivity index is 2.02. The molecule has 138 valence electrons. The molecular formula is C23H19N3O2. The molecule has 0 saturated heterocycles. The van der Waals surface area contributed by atoms with Crippen molar-refractivity contribution >= 4 is 12.1 Å². The highest BCUT2D eigenvalue weighted by atomic mass is 16.1. The standard InChI is InChI=1S/C23H19N3O2/c27-17-24-21-22(19-12-6-2-7-13-19)26(20-14-8-3-9-15-20)25(23(21)28)16-18-10-4-1-5-11-18/h1-15,17H,16H2,(H,24,27). The first-order valence-corrected chi connectivity index (χ1v) is 9.00. The first kappa shape index (κ1) is 17.5. The Morgan fingerprint density at radius 3 is 1.96 bits per heavy atom. The Bertz CT molecular complexity index is 1130. The van der Waals surface area contributed by atoms with Gasteiger partial charge in [-0.2, -0.15) is 0 Å². The first-order chi connectivity index (χ1) is 13.8. The van der Waals surface area contributed by atoms with Crippen molar-refractivity contribution in [3.63, 3.8) is 0 Å². The number of carbonyl (C=O) groups is 1. The van der Waals surface area contributed by atoms with Crippen LogP contribution in [0.25, 0.3) is 16.9 Å². The van der Waals surface area contributed by atoms with Gasteiger partial charge in [-0.15, -0.1) is 0 Å². The molecule has 0 spiro atoms. The predicted octanol–water partition coefficient (Wildman–Crippen LogP) is 3.92. The monoisotopic (exact) mass is 369 g/mol. The zero-order chi connectivity index (χ0) is 19.3. The summed E-state index contributed by atoms with van der Waals surface area (Å²) >= 11 is 0. The topological polar surface area (TPSA) is 56.0 Å². The molecule has 3 aromatic carbocycles. The molecule has 0 unspecified atom stereocenters. The second-order valence-corrected chi connectivity index (χ2v) is 6.35. The first-order valence-electron chi connectivity index (χ1n) is 9.00. The maximum atomic E-state index is 13.3. The lowest BCUT2D eigenvalue weighted by Crippen LogP contribution is -2.24. The zero-order valence-electron chi connectivity index (χ0n) is 15.2. The van der Waals surface area contributed by atoms with Crippen molar-refractivity contribution in [3.8, 4) is 16.9 Å². The highest BCUT2D eigenvalue weighted by molar-refractivity contribution is 5.83. The normalized spacial score (nSPS) is 10.6. The lowest BCUT2D eigenvalue weighted by Gasteiger charge is -2.15. The van der Waals surface area contributed by atoms with Crippen molar-refractivity contribution in [2.45, 2.75) is 6.54 Å². The van der Waals surface area contributed by atoms with Crippen LogP contribution >= 0.6 is 0 Å². The SMILES string of the molecule is O=CNc1c(-c2ccccc2)n(-c2ccccc2)n(Cc2ccccc2)c1=O. The number of nitrogens with one attached hydrogen (secondary N) is 1. The Morgan fingerprint density at radius 1 is 0.786 bits per heavy atom. The molecule has 0 bridgehead atoms. The van der Waals surface area contributed by atoms with Gasteiger partial charge in [-0.1, -0.05) is 78.9 Å². The lowest BCUT2D eigenvalue weighted by molar-refractivity contribution is -0.105. The third-order valence-corrected chi connectivity index (χ3v) is 4.56. The second-order valence-electron chi connectivity index (χ2n) is 6.35. The molecule has 5 heteroatoms. The van der Waals surface area contributed by atoms with E-state index in [0.29, 0.717) is 18.6 Å². The summed E-state index contributed by atoms with van der Waals surface area (Å²) in [5.74, 6) is 0. The van der Waals surface area contributed by atoms with Gasteiger partial charge in [0.25, 0.3) is 5.56 Å². The van der Waals surface area contributed by atoms with Crippen molar-refractivity contribution in [1.82, 2.24) is 9.36 Å². The summed E-state index contributed by atoms with van der Waals surface area (Å²) in [5, 5.41) is 2.62. The van der Waals surface area contributed by atoms with E-state index >= 15 is 0 Å². The number of hydrogen-bond acceptors (Lipinski definition) is 2. The second kappa shape index (κ2) is 7.80. The van der Waals surface area contributed by atoms with Gasteiger partial charge >= 0.3 is 0 Å². The lowest BCUT2D eigenvalue weighted by atomic mass is 10.1. The van der Waals surface area contributed by atoms with Crippen LogP contribution < -0.4 is 10.9 Å². The molecular weight excluding hydrogens is 350 g/mol. The predicted molar refractivity (Wildman–Crippen MR) is 111 cm³/mol. The molecule has 0 radical (unpaired) electrons.